The zero-order chi connectivity index (χ0) is 19.3. The van der Waals surface area contributed by atoms with E-state index in [4.69, 9.17) is 21.7 Å². The van der Waals surface area contributed by atoms with Gasteiger partial charge >= 0.3 is 5.97 Å². The fourth-order valence-corrected chi connectivity index (χ4v) is 3.94. The van der Waals surface area contributed by atoms with Crippen molar-refractivity contribution in [3.63, 3.8) is 0 Å². The fourth-order valence-electron chi connectivity index (χ4n) is 2.59. The second-order valence-electron chi connectivity index (χ2n) is 5.54. The number of aliphatic carboxylic acids is 1. The number of ether oxygens (including phenoxy) is 2. The highest BCUT2D eigenvalue weighted by molar-refractivity contribution is 8.26. The van der Waals surface area contributed by atoms with Gasteiger partial charge in [0.2, 0.25) is 0 Å². The zero-order valence-electron chi connectivity index (χ0n) is 14.9. The summed E-state index contributed by atoms with van der Waals surface area (Å²) in [7, 11) is 1.54. The minimum Gasteiger partial charge on any atom is -0.493 e. The highest BCUT2D eigenvalue weighted by Crippen LogP contribution is 2.36. The number of carbonyl (C=O) groups is 2. The smallest absolute Gasteiger partial charge is 0.326 e. The summed E-state index contributed by atoms with van der Waals surface area (Å²) in [5.41, 5.74) is 0.744. The van der Waals surface area contributed by atoms with Crippen LogP contribution in [0.1, 0.15) is 32.3 Å². The van der Waals surface area contributed by atoms with Crippen LogP contribution in [0, 0.1) is 0 Å². The Bertz CT molecular complexity index is 747. The summed E-state index contributed by atoms with van der Waals surface area (Å²) in [5.74, 6) is -0.250. The Morgan fingerprint density at radius 2 is 2.12 bits per heavy atom. The van der Waals surface area contributed by atoms with E-state index in [0.717, 1.165) is 17.3 Å². The number of nitrogens with zero attached hydrogens (tertiary/aromatic N) is 1. The third-order valence-corrected chi connectivity index (χ3v) is 5.10. The summed E-state index contributed by atoms with van der Waals surface area (Å²) >= 11 is 6.35. The van der Waals surface area contributed by atoms with Crippen LogP contribution in [0.3, 0.4) is 0 Å². The highest BCUT2D eigenvalue weighted by atomic mass is 32.2. The molecule has 1 heterocycles. The first-order valence-corrected chi connectivity index (χ1v) is 9.46. The Hall–Kier alpha value is -2.06. The monoisotopic (exact) mass is 395 g/mol. The molecule has 0 bridgehead atoms. The number of methoxy groups -OCH3 is 1. The normalized spacial score (nSPS) is 16.9. The van der Waals surface area contributed by atoms with E-state index in [1.165, 1.54) is 4.90 Å². The maximum Gasteiger partial charge on any atom is 0.326 e. The number of carboxylic acids is 1. The van der Waals surface area contributed by atoms with Crippen molar-refractivity contribution in [3.05, 3.63) is 28.7 Å². The Kier molecular flexibility index (Phi) is 7.05. The Labute approximate surface area is 162 Å². The van der Waals surface area contributed by atoms with E-state index in [9.17, 15) is 14.7 Å². The summed E-state index contributed by atoms with van der Waals surface area (Å²) < 4.78 is 11.1. The summed E-state index contributed by atoms with van der Waals surface area (Å²) in [6, 6.07) is 4.40. The number of hydrogen-bond acceptors (Lipinski definition) is 6. The molecule has 1 fully saturated rings. The van der Waals surface area contributed by atoms with Crippen LogP contribution in [0.2, 0.25) is 0 Å². The molecule has 1 N–H and O–H groups in total. The first kappa shape index (κ1) is 20.3. The zero-order valence-corrected chi connectivity index (χ0v) is 16.5. The molecule has 26 heavy (non-hydrogen) atoms. The lowest BCUT2D eigenvalue weighted by Crippen LogP contribution is -2.43. The van der Waals surface area contributed by atoms with Crippen LogP contribution in [0.15, 0.2) is 23.1 Å². The van der Waals surface area contributed by atoms with Gasteiger partial charge in [-0.25, -0.2) is 4.79 Å². The van der Waals surface area contributed by atoms with Gasteiger partial charge in [0.15, 0.2) is 11.5 Å². The Morgan fingerprint density at radius 3 is 2.69 bits per heavy atom. The summed E-state index contributed by atoms with van der Waals surface area (Å²) in [5, 5.41) is 9.41. The molecule has 1 saturated heterocycles. The minimum absolute atomic E-state index is 0.264. The number of carboxylic acid groups (broad SMARTS) is 1. The molecule has 0 spiro atoms. The third-order valence-electron chi connectivity index (χ3n) is 3.77. The van der Waals surface area contributed by atoms with Crippen molar-refractivity contribution in [2.75, 3.05) is 13.7 Å². The molecule has 140 valence electrons. The van der Waals surface area contributed by atoms with Crippen LogP contribution in [0.5, 0.6) is 11.5 Å². The number of hydrogen-bond donors (Lipinski definition) is 1. The summed E-state index contributed by atoms with van der Waals surface area (Å²) in [4.78, 5) is 25.8. The summed E-state index contributed by atoms with van der Waals surface area (Å²) in [6.45, 7) is 4.27. The molecule has 1 aromatic carbocycles. The maximum absolute atomic E-state index is 12.7. The van der Waals surface area contributed by atoms with Crippen LogP contribution >= 0.6 is 24.0 Å². The molecule has 0 aliphatic carbocycles. The Morgan fingerprint density at radius 1 is 1.38 bits per heavy atom. The second-order valence-corrected chi connectivity index (χ2v) is 7.21. The standard InChI is InChI=1S/C18H21NO5S2/c1-4-6-12(17(21)22)19-16(20)15(26-18(19)25)10-11-7-8-13(24-5-2)14(9-11)23-3/h7-10,12H,4-6H2,1-3H3,(H,21,22)/b15-10-/t12-/m1/s1. The van der Waals surface area contributed by atoms with Gasteiger partial charge in [-0.1, -0.05) is 43.4 Å². The van der Waals surface area contributed by atoms with Crippen LogP contribution < -0.4 is 9.47 Å². The molecule has 1 amide bonds. The van der Waals surface area contributed by atoms with Crippen molar-refractivity contribution >= 4 is 46.3 Å². The lowest BCUT2D eigenvalue weighted by molar-refractivity contribution is -0.145. The van der Waals surface area contributed by atoms with E-state index in [1.807, 2.05) is 13.8 Å². The van der Waals surface area contributed by atoms with E-state index >= 15 is 0 Å². The van der Waals surface area contributed by atoms with Gasteiger partial charge in [0.25, 0.3) is 5.91 Å². The van der Waals surface area contributed by atoms with Crippen LogP contribution in [-0.2, 0) is 9.59 Å². The first-order chi connectivity index (χ1) is 12.4. The molecule has 1 aromatic rings. The average Bonchev–Trinajstić information content (AvgIpc) is 2.87. The van der Waals surface area contributed by atoms with E-state index in [2.05, 4.69) is 0 Å². The second kappa shape index (κ2) is 9.05. The topological polar surface area (TPSA) is 76.1 Å². The van der Waals surface area contributed by atoms with Crippen LogP contribution in [0.25, 0.3) is 6.08 Å². The quantitative estimate of drug-likeness (QED) is 0.533. The van der Waals surface area contributed by atoms with Crippen molar-refractivity contribution in [1.29, 1.82) is 0 Å². The fraction of sp³-hybridized carbons (Fsp3) is 0.389. The average molecular weight is 396 g/mol. The van der Waals surface area contributed by atoms with Crippen LogP contribution in [-0.4, -0.2) is 46.0 Å². The van der Waals surface area contributed by atoms with Gasteiger partial charge in [0.1, 0.15) is 10.4 Å². The Balaban J connectivity index is 2.31. The molecule has 1 atom stereocenters. The molecule has 2 rings (SSSR count). The minimum atomic E-state index is -1.05. The van der Waals surface area contributed by atoms with Crippen molar-refractivity contribution in [3.8, 4) is 11.5 Å². The number of carbonyl (C=O) groups excluding carboxylic acids is 1. The molecule has 0 unspecified atom stereocenters. The number of benzene rings is 1. The predicted molar refractivity (Wildman–Crippen MR) is 106 cm³/mol. The van der Waals surface area contributed by atoms with E-state index in [-0.39, 0.29) is 10.2 Å². The molecular weight excluding hydrogens is 374 g/mol. The van der Waals surface area contributed by atoms with Gasteiger partial charge in [-0.3, -0.25) is 9.69 Å². The molecule has 0 radical (unpaired) electrons. The van der Waals surface area contributed by atoms with Gasteiger partial charge in [0.05, 0.1) is 18.6 Å². The van der Waals surface area contributed by atoms with E-state index in [1.54, 1.807) is 31.4 Å². The van der Waals surface area contributed by atoms with Crippen molar-refractivity contribution in [1.82, 2.24) is 4.90 Å². The van der Waals surface area contributed by atoms with Crippen molar-refractivity contribution in [2.24, 2.45) is 0 Å². The van der Waals surface area contributed by atoms with Crippen LogP contribution in [0.4, 0.5) is 0 Å². The number of rotatable bonds is 8. The van der Waals surface area contributed by atoms with Crippen molar-refractivity contribution < 1.29 is 24.2 Å². The molecule has 1 aliphatic heterocycles. The number of thiocarbonyl (C=S) groups is 1. The van der Waals surface area contributed by atoms with E-state index < -0.39 is 12.0 Å². The SMILES string of the molecule is CCC[C@H](C(=O)O)N1C(=O)/C(=C/c2ccc(OCC)c(OC)c2)SC1=S. The highest BCUT2D eigenvalue weighted by Gasteiger charge is 2.39. The summed E-state index contributed by atoms with van der Waals surface area (Å²) in [6.07, 6.45) is 2.68. The molecule has 0 saturated carbocycles. The van der Waals surface area contributed by atoms with Gasteiger partial charge < -0.3 is 14.6 Å². The number of thioether (sulfide) groups is 1. The molecule has 8 heteroatoms. The lowest BCUT2D eigenvalue weighted by Gasteiger charge is -2.22. The molecular formula is C18H21NO5S2. The molecule has 1 aliphatic rings. The van der Waals surface area contributed by atoms with Gasteiger partial charge in [-0.05, 0) is 37.1 Å². The van der Waals surface area contributed by atoms with Gasteiger partial charge in [-0.15, -0.1) is 0 Å². The lowest BCUT2D eigenvalue weighted by atomic mass is 10.1. The predicted octanol–water partition coefficient (Wildman–Crippen LogP) is 3.55. The third kappa shape index (κ3) is 4.37. The van der Waals surface area contributed by atoms with Gasteiger partial charge in [0, 0.05) is 0 Å². The first-order valence-electron chi connectivity index (χ1n) is 8.23. The molecule has 6 nitrogen and oxygen atoms in total. The van der Waals surface area contributed by atoms with E-state index in [0.29, 0.717) is 35.9 Å². The largest absolute Gasteiger partial charge is 0.493 e. The maximum atomic E-state index is 12.7. The van der Waals surface area contributed by atoms with Crippen molar-refractivity contribution in [2.45, 2.75) is 32.7 Å². The number of amides is 1. The van der Waals surface area contributed by atoms with Gasteiger partial charge in [-0.2, -0.15) is 0 Å². The molecule has 0 aromatic heterocycles.